The molecule has 186 valence electrons. The zero-order chi connectivity index (χ0) is 25.7. The first-order valence-corrected chi connectivity index (χ1v) is 13.1. The molecule has 6 nitrogen and oxygen atoms in total. The summed E-state index contributed by atoms with van der Waals surface area (Å²) >= 11 is 9.68. The van der Waals surface area contributed by atoms with E-state index in [0.29, 0.717) is 59.8 Å². The number of nitrogens with two attached hydrogens (primary N) is 1. The summed E-state index contributed by atoms with van der Waals surface area (Å²) < 4.78 is 2.58. The zero-order valence-corrected chi connectivity index (χ0v) is 22.4. The monoisotopic (exact) mass is 566 g/mol. The van der Waals surface area contributed by atoms with Crippen molar-refractivity contribution in [3.63, 3.8) is 0 Å². The number of carbonyl (C=O) groups excluding carboxylic acids is 1. The molecule has 1 aromatic heterocycles. The Morgan fingerprint density at radius 3 is 2.50 bits per heavy atom. The first kappa shape index (κ1) is 26.1. The Bertz CT molecular complexity index is 1410. The van der Waals surface area contributed by atoms with E-state index in [1.165, 1.54) is 0 Å². The minimum atomic E-state index is -0.438. The van der Waals surface area contributed by atoms with Crippen molar-refractivity contribution >= 4 is 44.3 Å². The van der Waals surface area contributed by atoms with Crippen LogP contribution in [-0.2, 0) is 6.54 Å². The van der Waals surface area contributed by atoms with Gasteiger partial charge in [-0.15, -0.1) is 0 Å². The van der Waals surface area contributed by atoms with E-state index in [9.17, 15) is 9.59 Å². The van der Waals surface area contributed by atoms with Gasteiger partial charge in [-0.1, -0.05) is 64.8 Å². The van der Waals surface area contributed by atoms with Crippen LogP contribution in [0.5, 0.6) is 0 Å². The minimum Gasteiger partial charge on any atom is -0.330 e. The van der Waals surface area contributed by atoms with Gasteiger partial charge < -0.3 is 10.6 Å². The van der Waals surface area contributed by atoms with Crippen molar-refractivity contribution in [2.24, 2.45) is 5.73 Å². The Morgan fingerprint density at radius 2 is 1.83 bits per heavy atom. The van der Waals surface area contributed by atoms with E-state index in [4.69, 9.17) is 22.3 Å². The van der Waals surface area contributed by atoms with Crippen molar-refractivity contribution in [1.29, 1.82) is 0 Å². The molecule has 0 fully saturated rings. The topological polar surface area (TPSA) is 81.2 Å². The Morgan fingerprint density at radius 1 is 1.11 bits per heavy atom. The third kappa shape index (κ3) is 5.69. The molecule has 1 unspecified atom stereocenters. The average Bonchev–Trinajstić information content (AvgIpc) is 2.89. The second-order valence-electron chi connectivity index (χ2n) is 8.58. The molecule has 0 aliphatic heterocycles. The number of halogens is 2. The summed E-state index contributed by atoms with van der Waals surface area (Å²) in [4.78, 5) is 34.2. The van der Waals surface area contributed by atoms with Gasteiger partial charge in [0.2, 0.25) is 0 Å². The lowest BCUT2D eigenvalue weighted by Crippen LogP contribution is -2.40. The second-order valence-corrected chi connectivity index (χ2v) is 9.93. The summed E-state index contributed by atoms with van der Waals surface area (Å²) in [6.07, 6.45) is 1.20. The quantitative estimate of drug-likeness (QED) is 0.277. The maximum atomic E-state index is 13.8. The SMILES string of the molecule is CCC(c1nc2cc(Cl)ccc2c(=O)n1Cc1ccccc1)N(CCCN)C(=O)c1ccc(Br)cc1. The highest BCUT2D eigenvalue weighted by atomic mass is 79.9. The smallest absolute Gasteiger partial charge is 0.261 e. The number of hydrogen-bond acceptors (Lipinski definition) is 4. The van der Waals surface area contributed by atoms with Crippen LogP contribution in [0.3, 0.4) is 0 Å². The molecule has 1 heterocycles. The number of amides is 1. The number of rotatable bonds is 9. The zero-order valence-electron chi connectivity index (χ0n) is 20.0. The van der Waals surface area contributed by atoms with E-state index in [-0.39, 0.29) is 11.5 Å². The maximum absolute atomic E-state index is 13.8. The number of fused-ring (bicyclic) bond motifs is 1. The van der Waals surface area contributed by atoms with Gasteiger partial charge in [0.15, 0.2) is 0 Å². The van der Waals surface area contributed by atoms with Gasteiger partial charge in [-0.2, -0.15) is 0 Å². The fraction of sp³-hybridized carbons (Fsp3) is 0.250. The van der Waals surface area contributed by atoms with Gasteiger partial charge in [0.05, 0.1) is 23.5 Å². The Kier molecular flexibility index (Phi) is 8.56. The van der Waals surface area contributed by atoms with Crippen LogP contribution in [0.25, 0.3) is 10.9 Å². The van der Waals surface area contributed by atoms with Gasteiger partial charge in [-0.05, 0) is 67.4 Å². The molecule has 4 aromatic rings. The van der Waals surface area contributed by atoms with E-state index in [2.05, 4.69) is 15.9 Å². The predicted molar refractivity (Wildman–Crippen MR) is 148 cm³/mol. The molecule has 3 aromatic carbocycles. The Labute approximate surface area is 223 Å². The van der Waals surface area contributed by atoms with Crippen molar-refractivity contribution in [1.82, 2.24) is 14.5 Å². The fourth-order valence-corrected chi connectivity index (χ4v) is 4.78. The molecule has 8 heteroatoms. The molecule has 0 aliphatic rings. The van der Waals surface area contributed by atoms with E-state index >= 15 is 0 Å². The van der Waals surface area contributed by atoms with Crippen LogP contribution >= 0.6 is 27.5 Å². The molecule has 0 spiro atoms. The van der Waals surface area contributed by atoms with E-state index in [1.54, 1.807) is 39.8 Å². The molecule has 0 aliphatic carbocycles. The first-order valence-electron chi connectivity index (χ1n) is 11.9. The van der Waals surface area contributed by atoms with Crippen molar-refractivity contribution in [3.8, 4) is 0 Å². The predicted octanol–water partition coefficient (Wildman–Crippen LogP) is 5.80. The summed E-state index contributed by atoms with van der Waals surface area (Å²) in [5.74, 6) is 0.401. The highest BCUT2D eigenvalue weighted by Gasteiger charge is 2.29. The van der Waals surface area contributed by atoms with Crippen LogP contribution in [0.1, 0.15) is 47.6 Å². The maximum Gasteiger partial charge on any atom is 0.261 e. The molecular weight excluding hydrogens is 540 g/mol. The normalized spacial score (nSPS) is 12.0. The summed E-state index contributed by atoms with van der Waals surface area (Å²) in [6, 6.07) is 21.7. The van der Waals surface area contributed by atoms with Crippen LogP contribution in [-0.4, -0.2) is 33.4 Å². The van der Waals surface area contributed by atoms with Gasteiger partial charge in [0.25, 0.3) is 11.5 Å². The van der Waals surface area contributed by atoms with Crippen molar-refractivity contribution < 1.29 is 4.79 Å². The summed E-state index contributed by atoms with van der Waals surface area (Å²) in [5.41, 5.74) is 7.72. The minimum absolute atomic E-state index is 0.130. The fourth-order valence-electron chi connectivity index (χ4n) is 4.35. The molecule has 0 radical (unpaired) electrons. The number of benzene rings is 3. The van der Waals surface area contributed by atoms with Crippen LogP contribution < -0.4 is 11.3 Å². The number of carbonyl (C=O) groups is 1. The Hall–Kier alpha value is -3.00. The number of aromatic nitrogens is 2. The molecule has 0 saturated heterocycles. The molecule has 4 rings (SSSR count). The molecule has 1 amide bonds. The molecular formula is C28H28BrClN4O2. The van der Waals surface area contributed by atoms with E-state index in [0.717, 1.165) is 10.0 Å². The highest BCUT2D eigenvalue weighted by Crippen LogP contribution is 2.27. The van der Waals surface area contributed by atoms with Crippen molar-refractivity contribution in [2.75, 3.05) is 13.1 Å². The van der Waals surface area contributed by atoms with E-state index < -0.39 is 6.04 Å². The Balaban J connectivity index is 1.89. The largest absolute Gasteiger partial charge is 0.330 e. The van der Waals surface area contributed by atoms with Gasteiger partial charge in [-0.25, -0.2) is 4.98 Å². The lowest BCUT2D eigenvalue weighted by Gasteiger charge is -2.32. The highest BCUT2D eigenvalue weighted by molar-refractivity contribution is 9.10. The van der Waals surface area contributed by atoms with Crippen LogP contribution in [0, 0.1) is 0 Å². The van der Waals surface area contributed by atoms with Crippen molar-refractivity contribution in [2.45, 2.75) is 32.4 Å². The van der Waals surface area contributed by atoms with Crippen LogP contribution in [0.2, 0.25) is 5.02 Å². The number of hydrogen-bond donors (Lipinski definition) is 1. The third-order valence-corrected chi connectivity index (χ3v) is 6.91. The van der Waals surface area contributed by atoms with Gasteiger partial charge in [0, 0.05) is 21.6 Å². The van der Waals surface area contributed by atoms with Crippen molar-refractivity contribution in [3.05, 3.63) is 110 Å². The van der Waals surface area contributed by atoms with Crippen LogP contribution in [0.4, 0.5) is 0 Å². The number of nitrogens with zero attached hydrogens (tertiary/aromatic N) is 3. The lowest BCUT2D eigenvalue weighted by atomic mass is 10.1. The molecule has 36 heavy (non-hydrogen) atoms. The second kappa shape index (κ2) is 11.8. The summed E-state index contributed by atoms with van der Waals surface area (Å²) in [6.45, 7) is 3.22. The first-order chi connectivity index (χ1) is 17.4. The molecule has 1 atom stereocenters. The standard InChI is InChI=1S/C28H28BrClN4O2/c1-2-25(33(16-6-15-31)27(35)20-9-11-21(29)12-10-20)26-32-24-17-22(30)13-14-23(24)28(36)34(26)18-19-7-4-3-5-8-19/h3-5,7-14,17,25H,2,6,15-16,18,31H2,1H3. The van der Waals surface area contributed by atoms with E-state index in [1.807, 2.05) is 49.4 Å². The molecule has 2 N–H and O–H groups in total. The third-order valence-electron chi connectivity index (χ3n) is 6.15. The summed E-state index contributed by atoms with van der Waals surface area (Å²) in [7, 11) is 0. The van der Waals surface area contributed by atoms with Gasteiger partial charge in [0.1, 0.15) is 5.82 Å². The van der Waals surface area contributed by atoms with Gasteiger partial charge in [-0.3, -0.25) is 14.2 Å². The van der Waals surface area contributed by atoms with Crippen LogP contribution in [0.15, 0.2) is 82.1 Å². The lowest BCUT2D eigenvalue weighted by molar-refractivity contribution is 0.0655. The average molecular weight is 568 g/mol. The molecule has 0 saturated carbocycles. The summed E-state index contributed by atoms with van der Waals surface area (Å²) in [5, 5.41) is 0.988. The van der Waals surface area contributed by atoms with Gasteiger partial charge >= 0.3 is 0 Å². The molecule has 0 bridgehead atoms.